The van der Waals surface area contributed by atoms with Crippen molar-refractivity contribution >= 4 is 5.91 Å². The Kier molecular flexibility index (Phi) is 3.88. The summed E-state index contributed by atoms with van der Waals surface area (Å²) in [6.07, 6.45) is 12.0. The Morgan fingerprint density at radius 3 is 2.81 bits per heavy atom. The molecule has 144 valence electrons. The van der Waals surface area contributed by atoms with E-state index in [4.69, 9.17) is 4.52 Å². The molecule has 0 saturated heterocycles. The van der Waals surface area contributed by atoms with Crippen LogP contribution in [-0.2, 0) is 23.3 Å². The predicted molar refractivity (Wildman–Crippen MR) is 97.5 cm³/mol. The minimum absolute atomic E-state index is 0.0713. The second-order valence-electron chi connectivity index (χ2n) is 9.12. The standard InChI is InChI=1S/C20H27N5O2/c1-2-16-4-17(27-24-16)10-22-18(26)9-19-5-14-3-15(6-19)8-20(7-14,11-19)25-13-21-12-23-25/h4,12-15H,2-3,5-11H2,1H3,(H,22,26)/t14-,15-,19?,20?/m1/s1. The van der Waals surface area contributed by atoms with Gasteiger partial charge in [0.25, 0.3) is 0 Å². The van der Waals surface area contributed by atoms with Crippen molar-refractivity contribution in [2.45, 2.75) is 70.4 Å². The van der Waals surface area contributed by atoms with E-state index in [-0.39, 0.29) is 16.9 Å². The highest BCUT2D eigenvalue weighted by Gasteiger charge is 2.59. The molecule has 1 amide bonds. The molecular formula is C20H27N5O2. The number of nitrogens with one attached hydrogen (secondary N) is 1. The monoisotopic (exact) mass is 369 g/mol. The van der Waals surface area contributed by atoms with Crippen LogP contribution in [0.5, 0.6) is 0 Å². The summed E-state index contributed by atoms with van der Waals surface area (Å²) >= 11 is 0. The fraction of sp³-hybridized carbons (Fsp3) is 0.700. The average molecular weight is 369 g/mol. The van der Waals surface area contributed by atoms with Crippen LogP contribution in [-0.4, -0.2) is 25.8 Å². The number of rotatable bonds is 6. The Hall–Kier alpha value is -2.18. The minimum atomic E-state index is 0.0713. The summed E-state index contributed by atoms with van der Waals surface area (Å²) in [7, 11) is 0. The molecule has 4 bridgehead atoms. The average Bonchev–Trinajstić information content (AvgIpc) is 3.30. The molecule has 1 N–H and O–H groups in total. The Labute approximate surface area is 158 Å². The van der Waals surface area contributed by atoms with Gasteiger partial charge in [-0.1, -0.05) is 12.1 Å². The van der Waals surface area contributed by atoms with E-state index in [1.54, 1.807) is 6.33 Å². The van der Waals surface area contributed by atoms with E-state index in [1.165, 1.54) is 32.1 Å². The summed E-state index contributed by atoms with van der Waals surface area (Å²) in [6, 6.07) is 1.92. The fourth-order valence-corrected chi connectivity index (χ4v) is 6.52. The lowest BCUT2D eigenvalue weighted by molar-refractivity contribution is -0.137. The van der Waals surface area contributed by atoms with Crippen LogP contribution >= 0.6 is 0 Å². The third kappa shape index (κ3) is 2.97. The molecule has 2 aromatic heterocycles. The van der Waals surface area contributed by atoms with Gasteiger partial charge in [-0.25, -0.2) is 9.67 Å². The Morgan fingerprint density at radius 1 is 1.33 bits per heavy atom. The van der Waals surface area contributed by atoms with Crippen LogP contribution < -0.4 is 5.32 Å². The van der Waals surface area contributed by atoms with Crippen LogP contribution in [0.15, 0.2) is 23.2 Å². The second-order valence-corrected chi connectivity index (χ2v) is 9.12. The first kappa shape index (κ1) is 17.0. The summed E-state index contributed by atoms with van der Waals surface area (Å²) < 4.78 is 7.38. The smallest absolute Gasteiger partial charge is 0.220 e. The van der Waals surface area contributed by atoms with Gasteiger partial charge in [0, 0.05) is 12.5 Å². The summed E-state index contributed by atoms with van der Waals surface area (Å²) in [6.45, 7) is 2.46. The number of amides is 1. The molecule has 0 aliphatic heterocycles. The van der Waals surface area contributed by atoms with Gasteiger partial charge in [-0.3, -0.25) is 4.79 Å². The van der Waals surface area contributed by atoms with Gasteiger partial charge in [-0.15, -0.1) is 0 Å². The van der Waals surface area contributed by atoms with Gasteiger partial charge >= 0.3 is 0 Å². The van der Waals surface area contributed by atoms with E-state index in [9.17, 15) is 4.79 Å². The van der Waals surface area contributed by atoms with Gasteiger partial charge in [0.1, 0.15) is 12.7 Å². The van der Waals surface area contributed by atoms with Crippen LogP contribution in [0.4, 0.5) is 0 Å². The molecule has 4 aliphatic rings. The van der Waals surface area contributed by atoms with Crippen LogP contribution in [0.2, 0.25) is 0 Å². The zero-order chi connectivity index (χ0) is 18.5. The number of carbonyl (C=O) groups excluding carboxylic acids is 1. The maximum absolute atomic E-state index is 12.8. The van der Waals surface area contributed by atoms with Crippen molar-refractivity contribution < 1.29 is 9.32 Å². The van der Waals surface area contributed by atoms with Crippen molar-refractivity contribution in [1.82, 2.24) is 25.2 Å². The maximum atomic E-state index is 12.8. The van der Waals surface area contributed by atoms with Gasteiger partial charge in [-0.05, 0) is 62.2 Å². The quantitative estimate of drug-likeness (QED) is 0.846. The van der Waals surface area contributed by atoms with Gasteiger partial charge in [-0.2, -0.15) is 5.10 Å². The number of nitrogens with zero attached hydrogens (tertiary/aromatic N) is 4. The fourth-order valence-electron chi connectivity index (χ4n) is 6.52. The number of aryl methyl sites for hydroxylation is 1. The molecule has 0 aromatic carbocycles. The Balaban J connectivity index is 1.29. The third-order valence-corrected chi connectivity index (χ3v) is 7.02. The molecule has 2 atom stereocenters. The number of hydrogen-bond acceptors (Lipinski definition) is 5. The van der Waals surface area contributed by atoms with E-state index in [0.29, 0.717) is 24.8 Å². The van der Waals surface area contributed by atoms with Crippen LogP contribution in [0.25, 0.3) is 0 Å². The second kappa shape index (κ2) is 6.17. The van der Waals surface area contributed by atoms with Gasteiger partial charge in [0.05, 0.1) is 17.8 Å². The van der Waals surface area contributed by atoms with E-state index in [1.807, 2.05) is 19.3 Å². The maximum Gasteiger partial charge on any atom is 0.220 e. The molecule has 7 nitrogen and oxygen atoms in total. The lowest BCUT2D eigenvalue weighted by atomic mass is 9.46. The number of aromatic nitrogens is 4. The molecule has 0 spiro atoms. The van der Waals surface area contributed by atoms with Crippen molar-refractivity contribution in [2.24, 2.45) is 17.3 Å². The molecule has 4 saturated carbocycles. The zero-order valence-electron chi connectivity index (χ0n) is 15.9. The molecular weight excluding hydrogens is 342 g/mol. The lowest BCUT2D eigenvalue weighted by Crippen LogP contribution is -2.57. The predicted octanol–water partition coefficient (Wildman–Crippen LogP) is 2.83. The van der Waals surface area contributed by atoms with E-state index >= 15 is 0 Å². The number of carbonyl (C=O) groups is 1. The number of hydrogen-bond donors (Lipinski definition) is 1. The van der Waals surface area contributed by atoms with Crippen LogP contribution in [0.3, 0.4) is 0 Å². The van der Waals surface area contributed by atoms with E-state index in [2.05, 4.69) is 25.2 Å². The highest BCUT2D eigenvalue weighted by atomic mass is 16.5. The molecule has 2 aromatic rings. The molecule has 4 fully saturated rings. The molecule has 0 unspecified atom stereocenters. The first-order valence-corrected chi connectivity index (χ1v) is 10.1. The van der Waals surface area contributed by atoms with Crippen molar-refractivity contribution in [3.8, 4) is 0 Å². The zero-order valence-corrected chi connectivity index (χ0v) is 15.9. The minimum Gasteiger partial charge on any atom is -0.359 e. The molecule has 6 rings (SSSR count). The largest absolute Gasteiger partial charge is 0.359 e. The van der Waals surface area contributed by atoms with Crippen LogP contribution in [0, 0.1) is 17.3 Å². The Bertz CT molecular complexity index is 813. The SMILES string of the molecule is CCc1cc(CNC(=O)CC23C[C@H]4C[C@H](C2)CC(n2cncn2)(C4)C3)on1. The summed E-state index contributed by atoms with van der Waals surface area (Å²) in [5.41, 5.74) is 1.10. The summed E-state index contributed by atoms with van der Waals surface area (Å²) in [5, 5.41) is 11.5. The summed E-state index contributed by atoms with van der Waals surface area (Å²) in [5.74, 6) is 2.28. The van der Waals surface area contributed by atoms with Crippen molar-refractivity contribution in [2.75, 3.05) is 0 Å². The van der Waals surface area contributed by atoms with Crippen molar-refractivity contribution in [1.29, 1.82) is 0 Å². The molecule has 4 aliphatic carbocycles. The van der Waals surface area contributed by atoms with E-state index in [0.717, 1.165) is 24.3 Å². The molecule has 2 heterocycles. The van der Waals surface area contributed by atoms with Gasteiger partial charge in [0.15, 0.2) is 5.76 Å². The van der Waals surface area contributed by atoms with Gasteiger partial charge in [0.2, 0.25) is 5.91 Å². The topological polar surface area (TPSA) is 85.8 Å². The molecule has 0 radical (unpaired) electrons. The van der Waals surface area contributed by atoms with Gasteiger partial charge < -0.3 is 9.84 Å². The van der Waals surface area contributed by atoms with E-state index < -0.39 is 0 Å². The first-order chi connectivity index (χ1) is 13.1. The lowest BCUT2D eigenvalue weighted by Gasteiger charge is -2.61. The van der Waals surface area contributed by atoms with Crippen LogP contribution in [0.1, 0.15) is 63.3 Å². The first-order valence-electron chi connectivity index (χ1n) is 10.1. The highest BCUT2D eigenvalue weighted by Crippen LogP contribution is 2.65. The molecule has 7 heteroatoms. The third-order valence-electron chi connectivity index (χ3n) is 7.02. The summed E-state index contributed by atoms with van der Waals surface area (Å²) in [4.78, 5) is 17.0. The van der Waals surface area contributed by atoms with Crippen molar-refractivity contribution in [3.05, 3.63) is 30.2 Å². The van der Waals surface area contributed by atoms with Crippen molar-refractivity contribution in [3.63, 3.8) is 0 Å². The highest BCUT2D eigenvalue weighted by molar-refractivity contribution is 5.76. The normalized spacial score (nSPS) is 34.1. The Morgan fingerprint density at radius 2 is 2.15 bits per heavy atom. The molecule has 27 heavy (non-hydrogen) atoms.